The van der Waals surface area contributed by atoms with Crippen LogP contribution in [-0.2, 0) is 11.3 Å². The van der Waals surface area contributed by atoms with Crippen LogP contribution in [0.3, 0.4) is 0 Å². The van der Waals surface area contributed by atoms with Crippen molar-refractivity contribution in [2.45, 2.75) is 58.7 Å². The van der Waals surface area contributed by atoms with Gasteiger partial charge in [0.25, 0.3) is 0 Å². The monoisotopic (exact) mass is 269 g/mol. The molecule has 0 radical (unpaired) electrons. The van der Waals surface area contributed by atoms with Gasteiger partial charge >= 0.3 is 0 Å². The van der Waals surface area contributed by atoms with Crippen LogP contribution in [0.5, 0.6) is 0 Å². The van der Waals surface area contributed by atoms with Gasteiger partial charge < -0.3 is 10.1 Å². The molecule has 1 N–H and O–H groups in total. The van der Waals surface area contributed by atoms with Crippen LogP contribution in [0, 0.1) is 5.92 Å². The third-order valence-electron chi connectivity index (χ3n) is 3.32. The first-order chi connectivity index (χ1) is 8.78. The molecular weight excluding hydrogens is 246 g/mol. The summed E-state index contributed by atoms with van der Waals surface area (Å²) < 4.78 is 5.94. The Labute approximate surface area is 113 Å². The summed E-state index contributed by atoms with van der Waals surface area (Å²) in [5, 5.41) is 13.4. The molecule has 0 amide bonds. The van der Waals surface area contributed by atoms with Crippen molar-refractivity contribution in [3.05, 3.63) is 5.01 Å². The minimum absolute atomic E-state index is 0.421. The number of hydrogen-bond acceptors (Lipinski definition) is 5. The molecule has 1 heterocycles. The topological polar surface area (TPSA) is 47.0 Å². The molecule has 0 spiro atoms. The minimum atomic E-state index is 0.421. The average molecular weight is 269 g/mol. The predicted octanol–water partition coefficient (Wildman–Crippen LogP) is 3.46. The van der Waals surface area contributed by atoms with Gasteiger partial charge in [-0.3, -0.25) is 0 Å². The fraction of sp³-hybridized carbons (Fsp3) is 0.846. The van der Waals surface area contributed by atoms with E-state index < -0.39 is 0 Å². The molecule has 0 aliphatic heterocycles. The van der Waals surface area contributed by atoms with Crippen LogP contribution >= 0.6 is 11.3 Å². The quantitative estimate of drug-likeness (QED) is 0.859. The van der Waals surface area contributed by atoms with E-state index in [1.165, 1.54) is 25.7 Å². The van der Waals surface area contributed by atoms with Gasteiger partial charge in [-0.1, -0.05) is 38.0 Å². The molecular formula is C13H23N3OS. The summed E-state index contributed by atoms with van der Waals surface area (Å²) >= 11 is 1.60. The van der Waals surface area contributed by atoms with Crippen molar-refractivity contribution in [3.8, 4) is 0 Å². The predicted molar refractivity (Wildman–Crippen MR) is 74.9 cm³/mol. The summed E-state index contributed by atoms with van der Waals surface area (Å²) in [6.45, 7) is 6.02. The van der Waals surface area contributed by atoms with Crippen molar-refractivity contribution in [3.63, 3.8) is 0 Å². The molecule has 2 atom stereocenters. The highest BCUT2D eigenvalue weighted by Crippen LogP contribution is 2.27. The number of rotatable bonds is 6. The zero-order valence-corrected chi connectivity index (χ0v) is 12.1. The Balaban J connectivity index is 1.74. The first kappa shape index (κ1) is 13.7. The normalized spacial score (nSPS) is 24.1. The van der Waals surface area contributed by atoms with Gasteiger partial charge in [0.1, 0.15) is 11.6 Å². The molecule has 0 aromatic carbocycles. The zero-order valence-electron chi connectivity index (χ0n) is 11.3. The first-order valence-corrected chi connectivity index (χ1v) is 7.77. The molecule has 1 aliphatic rings. The highest BCUT2D eigenvalue weighted by Gasteiger charge is 2.19. The van der Waals surface area contributed by atoms with Gasteiger partial charge in [0.2, 0.25) is 5.13 Å². The van der Waals surface area contributed by atoms with Crippen molar-refractivity contribution < 1.29 is 4.74 Å². The van der Waals surface area contributed by atoms with E-state index in [1.807, 2.05) is 0 Å². The molecule has 2 unspecified atom stereocenters. The third-order valence-corrected chi connectivity index (χ3v) is 4.18. The number of nitrogens with zero attached hydrogens (tertiary/aromatic N) is 2. The standard InChI is InChI=1S/C13H23N3OS/c1-3-7-14-13-16-15-12(18-13)9-17-11-6-4-5-10(2)8-11/h10-11H,3-9H2,1-2H3,(H,14,16). The lowest BCUT2D eigenvalue weighted by Gasteiger charge is -2.26. The highest BCUT2D eigenvalue weighted by atomic mass is 32.1. The maximum absolute atomic E-state index is 5.94. The number of hydrogen-bond donors (Lipinski definition) is 1. The van der Waals surface area contributed by atoms with Gasteiger partial charge in [-0.25, -0.2) is 0 Å². The van der Waals surface area contributed by atoms with E-state index in [1.54, 1.807) is 11.3 Å². The van der Waals surface area contributed by atoms with Crippen LogP contribution in [0.4, 0.5) is 5.13 Å². The Morgan fingerprint density at radius 2 is 2.28 bits per heavy atom. The van der Waals surface area contributed by atoms with Crippen LogP contribution in [0.15, 0.2) is 0 Å². The second kappa shape index (κ2) is 7.04. The van der Waals surface area contributed by atoms with Crippen molar-refractivity contribution in [1.29, 1.82) is 0 Å². The molecule has 1 saturated carbocycles. The van der Waals surface area contributed by atoms with Crippen molar-refractivity contribution >= 4 is 16.5 Å². The second-order valence-corrected chi connectivity index (χ2v) is 6.19. The van der Waals surface area contributed by atoms with Gasteiger partial charge in [-0.15, -0.1) is 10.2 Å². The fourth-order valence-corrected chi connectivity index (χ4v) is 3.02. The number of anilines is 1. The maximum atomic E-state index is 5.94. The summed E-state index contributed by atoms with van der Waals surface area (Å²) in [5.41, 5.74) is 0. The van der Waals surface area contributed by atoms with Gasteiger partial charge in [-0.2, -0.15) is 0 Å². The molecule has 5 heteroatoms. The summed E-state index contributed by atoms with van der Waals surface area (Å²) in [6.07, 6.45) is 6.56. The number of nitrogens with one attached hydrogen (secondary N) is 1. The summed E-state index contributed by atoms with van der Waals surface area (Å²) in [7, 11) is 0. The number of aromatic nitrogens is 2. The molecule has 18 heavy (non-hydrogen) atoms. The molecule has 4 nitrogen and oxygen atoms in total. The van der Waals surface area contributed by atoms with Gasteiger partial charge in [0.15, 0.2) is 0 Å². The Morgan fingerprint density at radius 3 is 3.06 bits per heavy atom. The van der Waals surface area contributed by atoms with Crippen molar-refractivity contribution in [2.24, 2.45) is 5.92 Å². The lowest BCUT2D eigenvalue weighted by atomic mass is 9.89. The lowest BCUT2D eigenvalue weighted by Crippen LogP contribution is -2.21. The van der Waals surface area contributed by atoms with E-state index in [0.717, 1.165) is 29.0 Å². The smallest absolute Gasteiger partial charge is 0.205 e. The zero-order chi connectivity index (χ0) is 12.8. The molecule has 1 aliphatic carbocycles. The van der Waals surface area contributed by atoms with Crippen molar-refractivity contribution in [1.82, 2.24) is 10.2 Å². The third kappa shape index (κ3) is 4.21. The fourth-order valence-electron chi connectivity index (χ4n) is 2.33. The van der Waals surface area contributed by atoms with Crippen molar-refractivity contribution in [2.75, 3.05) is 11.9 Å². The first-order valence-electron chi connectivity index (χ1n) is 6.95. The van der Waals surface area contributed by atoms with Gasteiger partial charge in [0, 0.05) is 6.54 Å². The van der Waals surface area contributed by atoms with Gasteiger partial charge in [0.05, 0.1) is 6.10 Å². The van der Waals surface area contributed by atoms with Crippen LogP contribution in [-0.4, -0.2) is 22.8 Å². The molecule has 102 valence electrons. The van der Waals surface area contributed by atoms with E-state index >= 15 is 0 Å². The molecule has 1 aromatic rings. The Kier molecular flexibility index (Phi) is 5.38. The van der Waals surface area contributed by atoms with Crippen LogP contribution in [0.1, 0.15) is 51.0 Å². The largest absolute Gasteiger partial charge is 0.371 e. The molecule has 1 aromatic heterocycles. The lowest BCUT2D eigenvalue weighted by molar-refractivity contribution is 0.00439. The van der Waals surface area contributed by atoms with E-state index in [4.69, 9.17) is 4.74 Å². The number of ether oxygens (including phenoxy) is 1. The molecule has 0 bridgehead atoms. The van der Waals surface area contributed by atoms with E-state index in [0.29, 0.717) is 12.7 Å². The second-order valence-electron chi connectivity index (χ2n) is 5.13. The summed E-state index contributed by atoms with van der Waals surface area (Å²) in [6, 6.07) is 0. The van der Waals surface area contributed by atoms with E-state index in [2.05, 4.69) is 29.4 Å². The average Bonchev–Trinajstić information content (AvgIpc) is 2.82. The van der Waals surface area contributed by atoms with E-state index in [9.17, 15) is 0 Å². The van der Waals surface area contributed by atoms with E-state index in [-0.39, 0.29) is 0 Å². The molecule has 0 saturated heterocycles. The maximum Gasteiger partial charge on any atom is 0.205 e. The highest BCUT2D eigenvalue weighted by molar-refractivity contribution is 7.15. The Morgan fingerprint density at radius 1 is 1.39 bits per heavy atom. The SMILES string of the molecule is CCCNc1nnc(COC2CCCC(C)C2)s1. The molecule has 1 fully saturated rings. The molecule has 2 rings (SSSR count). The van der Waals surface area contributed by atoms with Crippen LogP contribution in [0.2, 0.25) is 0 Å². The summed E-state index contributed by atoms with van der Waals surface area (Å²) in [4.78, 5) is 0. The van der Waals surface area contributed by atoms with Crippen LogP contribution < -0.4 is 5.32 Å². The Bertz CT molecular complexity index is 356. The van der Waals surface area contributed by atoms with Gasteiger partial charge in [-0.05, 0) is 25.2 Å². The Hall–Kier alpha value is -0.680. The van der Waals surface area contributed by atoms with Crippen LogP contribution in [0.25, 0.3) is 0 Å². The minimum Gasteiger partial charge on any atom is -0.371 e. The summed E-state index contributed by atoms with van der Waals surface area (Å²) in [5.74, 6) is 0.806.